The fraction of sp³-hybridized carbons (Fsp3) is 1.00. The zero-order chi connectivity index (χ0) is 9.41. The molecule has 0 nitrogen and oxygen atoms in total. The third-order valence-electron chi connectivity index (χ3n) is 4.72. The van der Waals surface area contributed by atoms with Crippen molar-refractivity contribution in [1.82, 2.24) is 0 Å². The van der Waals surface area contributed by atoms with Gasteiger partial charge in [0.25, 0.3) is 0 Å². The van der Waals surface area contributed by atoms with E-state index in [1.165, 1.54) is 25.7 Å². The predicted octanol–water partition coefficient (Wildman–Crippen LogP) is 4.25. The summed E-state index contributed by atoms with van der Waals surface area (Å²) < 4.78 is 0. The van der Waals surface area contributed by atoms with Crippen molar-refractivity contribution >= 4 is 0 Å². The first-order valence-corrected chi connectivity index (χ1v) is 5.44. The third-order valence-corrected chi connectivity index (χ3v) is 4.72. The SMILES string of the molecule is CCC[C@]1(C)CCC(C)C1(C)C. The van der Waals surface area contributed by atoms with Gasteiger partial charge in [0, 0.05) is 0 Å². The normalized spacial score (nSPS) is 40.2. The van der Waals surface area contributed by atoms with Crippen LogP contribution < -0.4 is 0 Å². The first kappa shape index (κ1) is 10.1. The molecule has 0 saturated heterocycles. The summed E-state index contributed by atoms with van der Waals surface area (Å²) in [7, 11) is 0. The van der Waals surface area contributed by atoms with E-state index >= 15 is 0 Å². The van der Waals surface area contributed by atoms with Gasteiger partial charge in [-0.3, -0.25) is 0 Å². The smallest absolute Gasteiger partial charge is 0.0272 e. The molecule has 1 aliphatic rings. The molecule has 1 rings (SSSR count). The Hall–Kier alpha value is 0. The average molecular weight is 168 g/mol. The van der Waals surface area contributed by atoms with Crippen molar-refractivity contribution in [3.8, 4) is 0 Å². The zero-order valence-electron chi connectivity index (χ0n) is 9.41. The van der Waals surface area contributed by atoms with Crippen LogP contribution in [-0.4, -0.2) is 0 Å². The van der Waals surface area contributed by atoms with Gasteiger partial charge in [-0.15, -0.1) is 0 Å². The van der Waals surface area contributed by atoms with E-state index in [0.29, 0.717) is 10.8 Å². The minimum absolute atomic E-state index is 0.559. The van der Waals surface area contributed by atoms with Crippen molar-refractivity contribution in [2.24, 2.45) is 16.7 Å². The molecular formula is C12H24. The van der Waals surface area contributed by atoms with Gasteiger partial charge in [-0.25, -0.2) is 0 Å². The van der Waals surface area contributed by atoms with Crippen LogP contribution in [0, 0.1) is 16.7 Å². The van der Waals surface area contributed by atoms with Crippen LogP contribution in [-0.2, 0) is 0 Å². The maximum absolute atomic E-state index is 2.49. The second kappa shape index (κ2) is 3.05. The Bertz CT molecular complexity index is 153. The van der Waals surface area contributed by atoms with Crippen LogP contribution in [0.2, 0.25) is 0 Å². The van der Waals surface area contributed by atoms with Crippen molar-refractivity contribution in [2.45, 2.75) is 60.3 Å². The average Bonchev–Trinajstić information content (AvgIpc) is 2.16. The summed E-state index contributed by atoms with van der Waals surface area (Å²) in [6.07, 6.45) is 5.62. The Balaban J connectivity index is 2.78. The highest BCUT2D eigenvalue weighted by Gasteiger charge is 2.48. The molecule has 12 heavy (non-hydrogen) atoms. The van der Waals surface area contributed by atoms with Gasteiger partial charge in [-0.2, -0.15) is 0 Å². The summed E-state index contributed by atoms with van der Waals surface area (Å²) in [5.74, 6) is 0.911. The molecule has 0 aromatic carbocycles. The van der Waals surface area contributed by atoms with Gasteiger partial charge in [0.1, 0.15) is 0 Å². The Morgan fingerprint density at radius 1 is 1.25 bits per heavy atom. The van der Waals surface area contributed by atoms with Crippen molar-refractivity contribution < 1.29 is 0 Å². The van der Waals surface area contributed by atoms with Gasteiger partial charge >= 0.3 is 0 Å². The highest BCUT2D eigenvalue weighted by Crippen LogP contribution is 2.57. The van der Waals surface area contributed by atoms with E-state index in [2.05, 4.69) is 34.6 Å². The Morgan fingerprint density at radius 2 is 1.83 bits per heavy atom. The molecule has 72 valence electrons. The molecule has 0 N–H and O–H groups in total. The lowest BCUT2D eigenvalue weighted by Gasteiger charge is -2.41. The van der Waals surface area contributed by atoms with Crippen LogP contribution in [0.1, 0.15) is 60.3 Å². The van der Waals surface area contributed by atoms with Crippen LogP contribution in [0.15, 0.2) is 0 Å². The van der Waals surface area contributed by atoms with E-state index in [0.717, 1.165) is 5.92 Å². The van der Waals surface area contributed by atoms with E-state index in [-0.39, 0.29) is 0 Å². The van der Waals surface area contributed by atoms with E-state index in [1.807, 2.05) is 0 Å². The Labute approximate surface area is 77.7 Å². The molecule has 0 radical (unpaired) electrons. The fourth-order valence-electron chi connectivity index (χ4n) is 2.81. The van der Waals surface area contributed by atoms with E-state index < -0.39 is 0 Å². The highest BCUT2D eigenvalue weighted by molar-refractivity contribution is 4.98. The van der Waals surface area contributed by atoms with Gasteiger partial charge in [0.15, 0.2) is 0 Å². The maximum atomic E-state index is 2.49. The highest BCUT2D eigenvalue weighted by atomic mass is 14.5. The van der Waals surface area contributed by atoms with Gasteiger partial charge in [0.2, 0.25) is 0 Å². The molecule has 0 amide bonds. The summed E-state index contributed by atoms with van der Waals surface area (Å²) in [4.78, 5) is 0. The zero-order valence-corrected chi connectivity index (χ0v) is 9.41. The molecule has 0 aromatic heterocycles. The lowest BCUT2D eigenvalue weighted by atomic mass is 9.64. The molecule has 1 aliphatic carbocycles. The second-order valence-electron chi connectivity index (χ2n) is 5.47. The molecule has 1 fully saturated rings. The number of rotatable bonds is 2. The van der Waals surface area contributed by atoms with E-state index in [1.54, 1.807) is 0 Å². The first-order valence-electron chi connectivity index (χ1n) is 5.44. The predicted molar refractivity (Wildman–Crippen MR) is 55.2 cm³/mol. The quantitative estimate of drug-likeness (QED) is 0.578. The molecule has 0 aliphatic heterocycles. The van der Waals surface area contributed by atoms with Gasteiger partial charge < -0.3 is 0 Å². The van der Waals surface area contributed by atoms with Crippen LogP contribution in [0.3, 0.4) is 0 Å². The van der Waals surface area contributed by atoms with Crippen LogP contribution in [0.4, 0.5) is 0 Å². The molecule has 0 bridgehead atoms. The maximum Gasteiger partial charge on any atom is -0.0272 e. The topological polar surface area (TPSA) is 0 Å². The molecule has 0 aromatic rings. The van der Waals surface area contributed by atoms with Crippen molar-refractivity contribution in [3.05, 3.63) is 0 Å². The largest absolute Gasteiger partial charge is 0.0654 e. The van der Waals surface area contributed by atoms with Gasteiger partial charge in [-0.05, 0) is 36.0 Å². The van der Waals surface area contributed by atoms with Crippen LogP contribution in [0.5, 0.6) is 0 Å². The van der Waals surface area contributed by atoms with Crippen molar-refractivity contribution in [1.29, 1.82) is 0 Å². The summed E-state index contributed by atoms with van der Waals surface area (Å²) in [6.45, 7) is 12.1. The summed E-state index contributed by atoms with van der Waals surface area (Å²) in [6, 6.07) is 0. The standard InChI is InChI=1S/C12H24/c1-6-8-12(5)9-7-10(2)11(12,3)4/h10H,6-9H2,1-5H3/t10?,12-/m1/s1. The molecule has 0 heteroatoms. The molecule has 0 heterocycles. The summed E-state index contributed by atoms with van der Waals surface area (Å²) in [5.41, 5.74) is 1.17. The second-order valence-corrected chi connectivity index (χ2v) is 5.47. The molecule has 1 unspecified atom stereocenters. The fourth-order valence-corrected chi connectivity index (χ4v) is 2.81. The molecular weight excluding hydrogens is 144 g/mol. The molecule has 0 spiro atoms. The van der Waals surface area contributed by atoms with E-state index in [4.69, 9.17) is 0 Å². The third kappa shape index (κ3) is 1.30. The van der Waals surface area contributed by atoms with E-state index in [9.17, 15) is 0 Å². The van der Waals surface area contributed by atoms with Crippen molar-refractivity contribution in [2.75, 3.05) is 0 Å². The summed E-state index contributed by atoms with van der Waals surface area (Å²) in [5, 5.41) is 0. The monoisotopic (exact) mass is 168 g/mol. The van der Waals surface area contributed by atoms with Gasteiger partial charge in [-0.1, -0.05) is 41.0 Å². The number of hydrogen-bond donors (Lipinski definition) is 0. The number of hydrogen-bond acceptors (Lipinski definition) is 0. The minimum Gasteiger partial charge on any atom is -0.0654 e. The lowest BCUT2D eigenvalue weighted by molar-refractivity contribution is 0.0850. The Morgan fingerprint density at radius 3 is 2.17 bits per heavy atom. The molecule has 1 saturated carbocycles. The van der Waals surface area contributed by atoms with Crippen LogP contribution in [0.25, 0.3) is 0 Å². The van der Waals surface area contributed by atoms with Gasteiger partial charge in [0.05, 0.1) is 0 Å². The minimum atomic E-state index is 0.559. The first-order chi connectivity index (χ1) is 5.44. The molecule has 2 atom stereocenters. The van der Waals surface area contributed by atoms with Crippen LogP contribution >= 0.6 is 0 Å². The Kier molecular flexibility index (Phi) is 2.56. The lowest BCUT2D eigenvalue weighted by Crippen LogP contribution is -2.33. The summed E-state index contributed by atoms with van der Waals surface area (Å²) >= 11 is 0. The van der Waals surface area contributed by atoms with Crippen molar-refractivity contribution in [3.63, 3.8) is 0 Å².